The van der Waals surface area contributed by atoms with Crippen molar-refractivity contribution in [2.45, 2.75) is 37.4 Å². The van der Waals surface area contributed by atoms with Gasteiger partial charge in [-0.3, -0.25) is 0 Å². The van der Waals surface area contributed by atoms with Crippen LogP contribution in [0.4, 0.5) is 0 Å². The molecule has 14 heavy (non-hydrogen) atoms. The minimum absolute atomic E-state index is 0.371. The van der Waals surface area contributed by atoms with Crippen LogP contribution < -0.4 is 0 Å². The van der Waals surface area contributed by atoms with Gasteiger partial charge in [0.25, 0.3) is 0 Å². The molecule has 1 aromatic rings. The first-order chi connectivity index (χ1) is 6.83. The summed E-state index contributed by atoms with van der Waals surface area (Å²) in [4.78, 5) is 0. The van der Waals surface area contributed by atoms with Crippen molar-refractivity contribution in [3.8, 4) is 0 Å². The second-order valence-electron chi connectivity index (χ2n) is 4.00. The minimum Gasteiger partial charge on any atom is -0.374 e. The Bertz CT molecular complexity index is 340. The van der Waals surface area contributed by atoms with E-state index in [0.717, 1.165) is 12.1 Å². The number of nitrogens with zero attached hydrogens (tertiary/aromatic N) is 2. The van der Waals surface area contributed by atoms with Gasteiger partial charge in [-0.25, -0.2) is 0 Å². The third kappa shape index (κ3) is 1.31. The lowest BCUT2D eigenvalue weighted by atomic mass is 9.87. The van der Waals surface area contributed by atoms with Crippen molar-refractivity contribution in [2.24, 2.45) is 0 Å². The summed E-state index contributed by atoms with van der Waals surface area (Å²) in [7, 11) is 0. The molecule has 2 fully saturated rings. The number of fused-ring (bicyclic) bond motifs is 2. The molecule has 4 heteroatoms. The zero-order valence-electron chi connectivity index (χ0n) is 7.69. The van der Waals surface area contributed by atoms with Gasteiger partial charge >= 0.3 is 0 Å². The van der Waals surface area contributed by atoms with E-state index >= 15 is 0 Å². The first-order valence-electron chi connectivity index (χ1n) is 4.97. The highest BCUT2D eigenvalue weighted by atomic mass is 35.5. The average molecular weight is 211 g/mol. The first-order valence-corrected chi connectivity index (χ1v) is 5.35. The zero-order chi connectivity index (χ0) is 9.54. The number of halogens is 1. The van der Waals surface area contributed by atoms with Crippen molar-refractivity contribution in [1.82, 2.24) is 10.2 Å². The summed E-state index contributed by atoms with van der Waals surface area (Å²) in [5, 5.41) is 8.44. The van der Waals surface area contributed by atoms with Crippen LogP contribution in [0, 0.1) is 0 Å². The molecule has 74 valence electrons. The highest BCUT2D eigenvalue weighted by Gasteiger charge is 2.42. The fraction of sp³-hybridized carbons (Fsp3) is 0.600. The monoisotopic (exact) mass is 210 g/mol. The molecule has 2 bridgehead atoms. The van der Waals surface area contributed by atoms with Crippen LogP contribution >= 0.6 is 11.6 Å². The molecule has 2 aliphatic heterocycles. The molecule has 3 nitrogen and oxygen atoms in total. The normalized spacial score (nSPS) is 35.1. The molecule has 0 spiro atoms. The van der Waals surface area contributed by atoms with Gasteiger partial charge < -0.3 is 4.74 Å². The molecule has 2 aliphatic rings. The van der Waals surface area contributed by atoms with Gasteiger partial charge in [0.05, 0.1) is 17.9 Å². The number of aromatic nitrogens is 2. The summed E-state index contributed by atoms with van der Waals surface area (Å²) < 4.78 is 5.77. The quantitative estimate of drug-likeness (QED) is 0.713. The van der Waals surface area contributed by atoms with Gasteiger partial charge in [-0.2, -0.15) is 5.10 Å². The Kier molecular flexibility index (Phi) is 1.96. The molecule has 0 radical (unpaired) electrons. The molecule has 0 amide bonds. The third-order valence-electron chi connectivity index (χ3n) is 3.14. The number of hydrogen-bond donors (Lipinski definition) is 0. The van der Waals surface area contributed by atoms with Gasteiger partial charge in [-0.15, -0.1) is 5.10 Å². The Morgan fingerprint density at radius 3 is 2.79 bits per heavy atom. The average Bonchev–Trinajstić information content (AvgIpc) is 2.80. The molecule has 0 saturated carbocycles. The maximum atomic E-state index is 5.77. The van der Waals surface area contributed by atoms with E-state index in [4.69, 9.17) is 16.3 Å². The zero-order valence-corrected chi connectivity index (χ0v) is 8.44. The van der Waals surface area contributed by atoms with E-state index in [0.29, 0.717) is 23.3 Å². The standard InChI is InChI=1S/C10H11ClN2O/c11-10-4-2-8(12-13-10)7-5-6-1-3-9(7)14-6/h2,4,6-7,9H,1,3,5H2. The summed E-state index contributed by atoms with van der Waals surface area (Å²) >= 11 is 5.69. The Morgan fingerprint density at radius 1 is 1.29 bits per heavy atom. The van der Waals surface area contributed by atoms with Crippen molar-refractivity contribution >= 4 is 11.6 Å². The van der Waals surface area contributed by atoms with E-state index in [1.807, 2.05) is 6.07 Å². The lowest BCUT2D eigenvalue weighted by Gasteiger charge is -2.16. The second kappa shape index (κ2) is 3.17. The number of ether oxygens (including phenoxy) is 1. The Morgan fingerprint density at radius 2 is 2.21 bits per heavy atom. The largest absolute Gasteiger partial charge is 0.374 e. The lowest BCUT2D eigenvalue weighted by Crippen LogP contribution is -2.15. The van der Waals surface area contributed by atoms with E-state index in [-0.39, 0.29) is 0 Å². The first kappa shape index (κ1) is 8.62. The Hall–Kier alpha value is -0.670. The molecule has 0 N–H and O–H groups in total. The maximum absolute atomic E-state index is 5.77. The van der Waals surface area contributed by atoms with Crippen LogP contribution in [0.5, 0.6) is 0 Å². The Balaban J connectivity index is 1.86. The van der Waals surface area contributed by atoms with Crippen LogP contribution in [0.3, 0.4) is 0 Å². The fourth-order valence-electron chi connectivity index (χ4n) is 2.47. The van der Waals surface area contributed by atoms with Gasteiger partial charge in [0.1, 0.15) is 0 Å². The van der Waals surface area contributed by atoms with Gasteiger partial charge in [0.2, 0.25) is 0 Å². The lowest BCUT2D eigenvalue weighted by molar-refractivity contribution is 0.100. The SMILES string of the molecule is Clc1ccc(C2CC3CCC2O3)nn1. The maximum Gasteiger partial charge on any atom is 0.151 e. The predicted octanol–water partition coefficient (Wildman–Crippen LogP) is 2.16. The van der Waals surface area contributed by atoms with Crippen molar-refractivity contribution in [2.75, 3.05) is 0 Å². The van der Waals surface area contributed by atoms with Crippen LogP contribution in [0.1, 0.15) is 30.9 Å². The van der Waals surface area contributed by atoms with Gasteiger partial charge in [-0.05, 0) is 31.4 Å². The molecule has 2 saturated heterocycles. The van der Waals surface area contributed by atoms with Gasteiger partial charge in [0, 0.05) is 5.92 Å². The predicted molar refractivity (Wildman–Crippen MR) is 52.3 cm³/mol. The summed E-state index contributed by atoms with van der Waals surface area (Å²) in [5.41, 5.74) is 1.03. The molecule has 1 aromatic heterocycles. The van der Waals surface area contributed by atoms with Gasteiger partial charge in [0.15, 0.2) is 5.15 Å². The molecule has 3 heterocycles. The minimum atomic E-state index is 0.371. The van der Waals surface area contributed by atoms with Gasteiger partial charge in [-0.1, -0.05) is 11.6 Å². The molecule has 3 unspecified atom stereocenters. The highest BCUT2D eigenvalue weighted by molar-refractivity contribution is 6.29. The smallest absolute Gasteiger partial charge is 0.151 e. The van der Waals surface area contributed by atoms with Crippen molar-refractivity contribution in [3.05, 3.63) is 23.0 Å². The van der Waals surface area contributed by atoms with E-state index in [1.54, 1.807) is 6.07 Å². The topological polar surface area (TPSA) is 35.0 Å². The van der Waals surface area contributed by atoms with Crippen molar-refractivity contribution < 1.29 is 4.74 Å². The third-order valence-corrected chi connectivity index (χ3v) is 3.34. The summed E-state index contributed by atoms with van der Waals surface area (Å²) in [6, 6.07) is 3.76. The number of hydrogen-bond acceptors (Lipinski definition) is 3. The van der Waals surface area contributed by atoms with E-state index in [9.17, 15) is 0 Å². The van der Waals surface area contributed by atoms with Crippen LogP contribution in [0.15, 0.2) is 12.1 Å². The summed E-state index contributed by atoms with van der Waals surface area (Å²) in [5.74, 6) is 0.443. The van der Waals surface area contributed by atoms with E-state index in [2.05, 4.69) is 10.2 Å². The summed E-state index contributed by atoms with van der Waals surface area (Å²) in [6.45, 7) is 0. The molecular formula is C10H11ClN2O. The molecule has 3 atom stereocenters. The molecular weight excluding hydrogens is 200 g/mol. The van der Waals surface area contributed by atoms with Crippen LogP contribution in [-0.4, -0.2) is 22.4 Å². The highest BCUT2D eigenvalue weighted by Crippen LogP contribution is 2.43. The second-order valence-corrected chi connectivity index (χ2v) is 4.38. The van der Waals surface area contributed by atoms with E-state index in [1.165, 1.54) is 12.8 Å². The van der Waals surface area contributed by atoms with Crippen molar-refractivity contribution in [3.63, 3.8) is 0 Å². The molecule has 0 aromatic carbocycles. The molecule has 3 rings (SSSR count). The van der Waals surface area contributed by atoms with Crippen LogP contribution in [-0.2, 0) is 4.74 Å². The number of rotatable bonds is 1. The summed E-state index contributed by atoms with van der Waals surface area (Å²) in [6.07, 6.45) is 4.31. The van der Waals surface area contributed by atoms with E-state index < -0.39 is 0 Å². The molecule has 0 aliphatic carbocycles. The fourth-order valence-corrected chi connectivity index (χ4v) is 2.57. The van der Waals surface area contributed by atoms with Crippen LogP contribution in [0.25, 0.3) is 0 Å². The van der Waals surface area contributed by atoms with Crippen LogP contribution in [0.2, 0.25) is 5.15 Å². The van der Waals surface area contributed by atoms with Crippen molar-refractivity contribution in [1.29, 1.82) is 0 Å². The Labute approximate surface area is 87.4 Å².